The quantitative estimate of drug-likeness (QED) is 0.784. The summed E-state index contributed by atoms with van der Waals surface area (Å²) in [5.74, 6) is 0.879. The molecule has 0 saturated carbocycles. The van der Waals surface area contributed by atoms with Crippen LogP contribution in [0.2, 0.25) is 0 Å². The molecule has 0 aromatic rings. The van der Waals surface area contributed by atoms with E-state index >= 15 is 0 Å². The molecule has 2 unspecified atom stereocenters. The van der Waals surface area contributed by atoms with Crippen LogP contribution >= 0.6 is 0 Å². The highest BCUT2D eigenvalue weighted by atomic mass is 32.2. The van der Waals surface area contributed by atoms with Gasteiger partial charge in [0, 0.05) is 39.3 Å². The van der Waals surface area contributed by atoms with Crippen molar-refractivity contribution in [1.29, 1.82) is 0 Å². The van der Waals surface area contributed by atoms with E-state index in [1.165, 1.54) is 0 Å². The Bertz CT molecular complexity index is 386. The molecular formula is C13H27N3O3S. The monoisotopic (exact) mass is 305 g/mol. The van der Waals surface area contributed by atoms with Crippen LogP contribution in [0.1, 0.15) is 20.3 Å². The summed E-state index contributed by atoms with van der Waals surface area (Å²) in [6.07, 6.45) is 1.11. The van der Waals surface area contributed by atoms with Crippen LogP contribution in [0.5, 0.6) is 0 Å². The van der Waals surface area contributed by atoms with Crippen LogP contribution in [-0.4, -0.2) is 70.1 Å². The molecule has 118 valence electrons. The third-order valence-corrected chi connectivity index (χ3v) is 5.54. The van der Waals surface area contributed by atoms with Gasteiger partial charge in [-0.1, -0.05) is 13.8 Å². The van der Waals surface area contributed by atoms with Crippen LogP contribution in [0.25, 0.3) is 0 Å². The van der Waals surface area contributed by atoms with Crippen molar-refractivity contribution in [3.8, 4) is 0 Å². The van der Waals surface area contributed by atoms with E-state index in [-0.39, 0.29) is 0 Å². The number of hydrogen-bond acceptors (Lipinski definition) is 4. The molecule has 1 N–H and O–H groups in total. The van der Waals surface area contributed by atoms with Gasteiger partial charge in [-0.3, -0.25) is 4.90 Å². The third kappa shape index (κ3) is 4.66. The summed E-state index contributed by atoms with van der Waals surface area (Å²) in [6, 6.07) is 0. The fraction of sp³-hybridized carbons (Fsp3) is 1.00. The second-order valence-corrected chi connectivity index (χ2v) is 7.87. The number of rotatable bonds is 5. The van der Waals surface area contributed by atoms with Gasteiger partial charge in [0.15, 0.2) is 0 Å². The lowest BCUT2D eigenvalue weighted by molar-refractivity contribution is 0.0389. The molecule has 2 rings (SSSR count). The fourth-order valence-corrected chi connectivity index (χ4v) is 4.48. The maximum atomic E-state index is 12.3. The van der Waals surface area contributed by atoms with Gasteiger partial charge >= 0.3 is 0 Å². The molecule has 2 fully saturated rings. The van der Waals surface area contributed by atoms with Crippen molar-refractivity contribution in [3.63, 3.8) is 0 Å². The Labute approximate surface area is 122 Å². The van der Waals surface area contributed by atoms with Crippen LogP contribution in [0.15, 0.2) is 0 Å². The first-order chi connectivity index (χ1) is 9.47. The van der Waals surface area contributed by atoms with Gasteiger partial charge in [0.25, 0.3) is 10.2 Å². The van der Waals surface area contributed by atoms with E-state index in [2.05, 4.69) is 23.5 Å². The number of piperidine rings is 1. The molecule has 2 aliphatic heterocycles. The highest BCUT2D eigenvalue weighted by Gasteiger charge is 2.30. The van der Waals surface area contributed by atoms with E-state index in [9.17, 15) is 8.42 Å². The summed E-state index contributed by atoms with van der Waals surface area (Å²) in [5, 5.41) is 0. The maximum Gasteiger partial charge on any atom is 0.279 e. The van der Waals surface area contributed by atoms with Crippen molar-refractivity contribution in [3.05, 3.63) is 0 Å². The Morgan fingerprint density at radius 3 is 2.35 bits per heavy atom. The van der Waals surface area contributed by atoms with Gasteiger partial charge in [0.1, 0.15) is 0 Å². The zero-order valence-corrected chi connectivity index (χ0v) is 13.4. The smallest absolute Gasteiger partial charge is 0.279 e. The van der Waals surface area contributed by atoms with Gasteiger partial charge in [-0.25, -0.2) is 4.72 Å². The Morgan fingerprint density at radius 1 is 1.15 bits per heavy atom. The predicted molar refractivity (Wildman–Crippen MR) is 78.7 cm³/mol. The molecule has 2 atom stereocenters. The highest BCUT2D eigenvalue weighted by Crippen LogP contribution is 2.22. The zero-order valence-electron chi connectivity index (χ0n) is 12.5. The lowest BCUT2D eigenvalue weighted by atomic mass is 9.94. The molecule has 2 saturated heterocycles. The van der Waals surface area contributed by atoms with Crippen molar-refractivity contribution >= 4 is 10.2 Å². The van der Waals surface area contributed by atoms with Gasteiger partial charge in [0.05, 0.1) is 13.2 Å². The topological polar surface area (TPSA) is 61.9 Å². The Morgan fingerprint density at radius 2 is 1.75 bits per heavy atom. The van der Waals surface area contributed by atoms with Crippen molar-refractivity contribution in [2.75, 3.05) is 52.5 Å². The minimum absolute atomic E-state index is 0.439. The van der Waals surface area contributed by atoms with Crippen molar-refractivity contribution in [2.24, 2.45) is 11.8 Å². The standard InChI is InChI=1S/C13H27N3O3S/c1-12-9-13(2)11-16(10-12)20(17,18)14-3-4-15-5-7-19-8-6-15/h12-14H,3-11H2,1-2H3. The van der Waals surface area contributed by atoms with Crippen molar-refractivity contribution < 1.29 is 13.2 Å². The third-order valence-electron chi connectivity index (χ3n) is 3.99. The maximum absolute atomic E-state index is 12.3. The largest absolute Gasteiger partial charge is 0.379 e. The van der Waals surface area contributed by atoms with E-state index in [4.69, 9.17) is 4.74 Å². The number of hydrogen-bond donors (Lipinski definition) is 1. The van der Waals surface area contributed by atoms with Crippen LogP contribution in [0.4, 0.5) is 0 Å². The van der Waals surface area contributed by atoms with E-state index < -0.39 is 10.2 Å². The summed E-state index contributed by atoms with van der Waals surface area (Å²) in [5.41, 5.74) is 0. The molecule has 0 bridgehead atoms. The lowest BCUT2D eigenvalue weighted by Gasteiger charge is -2.34. The SMILES string of the molecule is CC1CC(C)CN(S(=O)(=O)NCCN2CCOCC2)C1. The first-order valence-corrected chi connectivity index (χ1v) is 8.96. The van der Waals surface area contributed by atoms with E-state index in [0.717, 1.165) is 39.3 Å². The van der Waals surface area contributed by atoms with Crippen molar-refractivity contribution in [1.82, 2.24) is 13.9 Å². The molecule has 2 heterocycles. The normalized spacial score (nSPS) is 30.5. The second kappa shape index (κ2) is 7.17. The Balaban J connectivity index is 1.78. The lowest BCUT2D eigenvalue weighted by Crippen LogP contribution is -2.49. The molecule has 0 aliphatic carbocycles. The molecule has 6 nitrogen and oxygen atoms in total. The van der Waals surface area contributed by atoms with Crippen LogP contribution < -0.4 is 4.72 Å². The molecule has 0 radical (unpaired) electrons. The van der Waals surface area contributed by atoms with Gasteiger partial charge < -0.3 is 4.74 Å². The Kier molecular flexibility index (Phi) is 5.80. The van der Waals surface area contributed by atoms with Crippen molar-refractivity contribution in [2.45, 2.75) is 20.3 Å². The second-order valence-electron chi connectivity index (χ2n) is 6.12. The average molecular weight is 305 g/mol. The van der Waals surface area contributed by atoms with Gasteiger partial charge in [0.2, 0.25) is 0 Å². The summed E-state index contributed by atoms with van der Waals surface area (Å²) in [4.78, 5) is 2.23. The summed E-state index contributed by atoms with van der Waals surface area (Å²) in [7, 11) is -3.32. The average Bonchev–Trinajstić information content (AvgIpc) is 2.38. The number of morpholine rings is 1. The van der Waals surface area contributed by atoms with E-state index in [1.807, 2.05) is 0 Å². The summed E-state index contributed by atoms with van der Waals surface area (Å²) in [6.45, 7) is 10.00. The molecule has 0 aromatic carbocycles. The van der Waals surface area contributed by atoms with E-state index in [1.54, 1.807) is 4.31 Å². The molecule has 20 heavy (non-hydrogen) atoms. The fourth-order valence-electron chi connectivity index (χ4n) is 3.05. The van der Waals surface area contributed by atoms with Gasteiger partial charge in [-0.15, -0.1) is 0 Å². The van der Waals surface area contributed by atoms with Crippen LogP contribution in [-0.2, 0) is 14.9 Å². The summed E-state index contributed by atoms with van der Waals surface area (Å²) < 4.78 is 34.2. The summed E-state index contributed by atoms with van der Waals surface area (Å²) >= 11 is 0. The van der Waals surface area contributed by atoms with Crippen LogP contribution in [0, 0.1) is 11.8 Å². The predicted octanol–water partition coefficient (Wildman–Crippen LogP) is 0.131. The van der Waals surface area contributed by atoms with Gasteiger partial charge in [-0.05, 0) is 18.3 Å². The number of nitrogens with zero attached hydrogens (tertiary/aromatic N) is 2. The molecule has 0 spiro atoms. The molecule has 2 aliphatic rings. The van der Waals surface area contributed by atoms with Gasteiger partial charge in [-0.2, -0.15) is 12.7 Å². The van der Waals surface area contributed by atoms with Crippen LogP contribution in [0.3, 0.4) is 0 Å². The number of nitrogens with one attached hydrogen (secondary N) is 1. The first-order valence-electron chi connectivity index (χ1n) is 7.52. The molecule has 7 heteroatoms. The minimum Gasteiger partial charge on any atom is -0.379 e. The first kappa shape index (κ1) is 16.2. The highest BCUT2D eigenvalue weighted by molar-refractivity contribution is 7.87. The zero-order chi connectivity index (χ0) is 14.6. The molecular weight excluding hydrogens is 278 g/mol. The Hall–Kier alpha value is -0.210. The molecule has 0 amide bonds. The molecule has 0 aromatic heterocycles. The minimum atomic E-state index is -3.32. The van der Waals surface area contributed by atoms with E-state index in [0.29, 0.717) is 31.5 Å². The number of ether oxygens (including phenoxy) is 1.